The quantitative estimate of drug-likeness (QED) is 0.345. The fourth-order valence-corrected chi connectivity index (χ4v) is 6.98. The molecule has 0 aromatic heterocycles. The second-order valence-corrected chi connectivity index (χ2v) is 11.0. The minimum Gasteiger partial charge on any atom is -0.480 e. The van der Waals surface area contributed by atoms with Crippen molar-refractivity contribution in [1.29, 1.82) is 0 Å². The topological polar surface area (TPSA) is 162 Å². The number of nitrogens with zero attached hydrogens (tertiary/aromatic N) is 4. The zero-order valence-electron chi connectivity index (χ0n) is 22.2. The van der Waals surface area contributed by atoms with Gasteiger partial charge < -0.3 is 20.4 Å². The Bertz CT molecular complexity index is 697. The Balaban J connectivity index is 1.95. The number of aliphatic carboxylic acids is 4. The van der Waals surface area contributed by atoms with Crippen molar-refractivity contribution in [2.24, 2.45) is 0 Å². The third-order valence-corrected chi connectivity index (χ3v) is 8.40. The summed E-state index contributed by atoms with van der Waals surface area (Å²) in [6.07, 6.45) is 8.05. The molecule has 1 aliphatic heterocycles. The Morgan fingerprint density at radius 2 is 0.632 bits per heavy atom. The standard InChI is InChI=1S/C26H44N4O8/c31-23(32)15-27-11-5-13-29(17-25(35)36)21-9-3-4-10-22(21)30(18-26(37)38)14-6-12-28(16-24(33)34)20-8-2-1-7-19(20)27/h19-22H,1-18H2,(H,31,32)(H,33,34)(H,35,36)(H,37,38). The van der Waals surface area contributed by atoms with Crippen LogP contribution in [0, 0.1) is 0 Å². The Morgan fingerprint density at radius 1 is 0.421 bits per heavy atom. The van der Waals surface area contributed by atoms with Crippen LogP contribution >= 0.6 is 0 Å². The van der Waals surface area contributed by atoms with Crippen LogP contribution in [0.2, 0.25) is 0 Å². The molecule has 3 fully saturated rings. The summed E-state index contributed by atoms with van der Waals surface area (Å²) in [6, 6.07) is -0.416. The molecule has 4 unspecified atom stereocenters. The van der Waals surface area contributed by atoms with Gasteiger partial charge in [-0.15, -0.1) is 0 Å². The molecule has 4 N–H and O–H groups in total. The average molecular weight is 541 g/mol. The van der Waals surface area contributed by atoms with Crippen molar-refractivity contribution in [3.05, 3.63) is 0 Å². The summed E-state index contributed by atoms with van der Waals surface area (Å²) < 4.78 is 0. The molecule has 1 heterocycles. The van der Waals surface area contributed by atoms with Crippen LogP contribution in [0.3, 0.4) is 0 Å². The van der Waals surface area contributed by atoms with E-state index in [4.69, 9.17) is 0 Å². The van der Waals surface area contributed by atoms with Crippen molar-refractivity contribution < 1.29 is 39.6 Å². The summed E-state index contributed by atoms with van der Waals surface area (Å²) in [5.74, 6) is -3.72. The van der Waals surface area contributed by atoms with Crippen molar-refractivity contribution in [3.63, 3.8) is 0 Å². The van der Waals surface area contributed by atoms with Crippen LogP contribution in [-0.4, -0.2) is 140 Å². The summed E-state index contributed by atoms with van der Waals surface area (Å²) in [4.78, 5) is 55.1. The molecule has 3 rings (SSSR count). The number of rotatable bonds is 8. The van der Waals surface area contributed by atoms with Gasteiger partial charge in [-0.25, -0.2) is 0 Å². The minimum absolute atomic E-state index is 0.104. The first-order chi connectivity index (χ1) is 18.2. The molecular formula is C26H44N4O8. The second-order valence-electron chi connectivity index (χ2n) is 11.0. The van der Waals surface area contributed by atoms with Gasteiger partial charge in [-0.1, -0.05) is 25.7 Å². The van der Waals surface area contributed by atoms with Gasteiger partial charge in [0.2, 0.25) is 0 Å². The molecule has 0 spiro atoms. The molecule has 2 aliphatic carbocycles. The number of fused-ring (bicyclic) bond motifs is 2. The molecule has 216 valence electrons. The van der Waals surface area contributed by atoms with Crippen LogP contribution in [0.1, 0.15) is 64.2 Å². The van der Waals surface area contributed by atoms with Crippen molar-refractivity contribution in [3.8, 4) is 0 Å². The molecule has 0 aromatic rings. The number of carbonyl (C=O) groups is 4. The van der Waals surface area contributed by atoms with Gasteiger partial charge in [-0.2, -0.15) is 0 Å². The lowest BCUT2D eigenvalue weighted by Gasteiger charge is -2.47. The summed E-state index contributed by atoms with van der Waals surface area (Å²) >= 11 is 0. The molecule has 38 heavy (non-hydrogen) atoms. The third-order valence-electron chi connectivity index (χ3n) is 8.40. The molecule has 0 bridgehead atoms. The first-order valence-electron chi connectivity index (χ1n) is 14.0. The van der Waals surface area contributed by atoms with Crippen molar-refractivity contribution in [1.82, 2.24) is 19.6 Å². The lowest BCUT2D eigenvalue weighted by Crippen LogP contribution is -2.58. The monoisotopic (exact) mass is 540 g/mol. The van der Waals surface area contributed by atoms with E-state index in [1.165, 1.54) is 0 Å². The van der Waals surface area contributed by atoms with E-state index in [1.54, 1.807) is 0 Å². The van der Waals surface area contributed by atoms with Crippen LogP contribution in [0.4, 0.5) is 0 Å². The number of hydrogen-bond donors (Lipinski definition) is 4. The zero-order valence-corrected chi connectivity index (χ0v) is 22.2. The predicted octanol–water partition coefficient (Wildman–Crippen LogP) is 0.949. The lowest BCUT2D eigenvalue weighted by molar-refractivity contribution is -0.143. The summed E-state index contributed by atoms with van der Waals surface area (Å²) in [5, 5.41) is 38.7. The van der Waals surface area contributed by atoms with E-state index < -0.39 is 23.9 Å². The van der Waals surface area contributed by atoms with Crippen LogP contribution < -0.4 is 0 Å². The van der Waals surface area contributed by atoms with Gasteiger partial charge in [-0.05, 0) is 38.5 Å². The maximum atomic E-state index is 11.8. The van der Waals surface area contributed by atoms with Gasteiger partial charge in [0.25, 0.3) is 0 Å². The maximum Gasteiger partial charge on any atom is 0.317 e. The van der Waals surface area contributed by atoms with E-state index in [1.807, 2.05) is 19.6 Å². The van der Waals surface area contributed by atoms with E-state index >= 15 is 0 Å². The zero-order chi connectivity index (χ0) is 27.7. The van der Waals surface area contributed by atoms with Gasteiger partial charge in [-0.3, -0.25) is 38.8 Å². The molecule has 1 saturated heterocycles. The first-order valence-corrected chi connectivity index (χ1v) is 14.0. The normalized spacial score (nSPS) is 29.5. The molecule has 0 aromatic carbocycles. The van der Waals surface area contributed by atoms with Crippen LogP contribution in [0.5, 0.6) is 0 Å². The summed E-state index contributed by atoms with van der Waals surface area (Å²) in [5.41, 5.74) is 0. The Labute approximate surface area is 224 Å². The molecule has 3 aliphatic rings. The highest BCUT2D eigenvalue weighted by atomic mass is 16.4. The summed E-state index contributed by atoms with van der Waals surface area (Å²) in [7, 11) is 0. The fourth-order valence-electron chi connectivity index (χ4n) is 6.98. The highest BCUT2D eigenvalue weighted by molar-refractivity contribution is 5.70. The number of carboxylic acid groups (broad SMARTS) is 4. The molecule has 12 nitrogen and oxygen atoms in total. The van der Waals surface area contributed by atoms with Crippen LogP contribution in [0.25, 0.3) is 0 Å². The molecule has 12 heteroatoms. The molecule has 2 saturated carbocycles. The predicted molar refractivity (Wildman–Crippen MR) is 138 cm³/mol. The Kier molecular flexibility index (Phi) is 11.8. The maximum absolute atomic E-state index is 11.8. The van der Waals surface area contributed by atoms with Crippen LogP contribution in [0.15, 0.2) is 0 Å². The van der Waals surface area contributed by atoms with Gasteiger partial charge in [0.05, 0.1) is 26.2 Å². The molecule has 0 radical (unpaired) electrons. The Morgan fingerprint density at radius 3 is 0.816 bits per heavy atom. The van der Waals surface area contributed by atoms with E-state index in [9.17, 15) is 39.6 Å². The summed E-state index contributed by atoms with van der Waals surface area (Å²) in [6.45, 7) is 1.33. The second kappa shape index (κ2) is 14.8. The minimum atomic E-state index is -0.931. The van der Waals surface area contributed by atoms with E-state index in [0.29, 0.717) is 39.0 Å². The lowest BCUT2D eigenvalue weighted by atomic mass is 9.86. The molecule has 4 atom stereocenters. The first kappa shape index (κ1) is 30.3. The van der Waals surface area contributed by atoms with E-state index in [2.05, 4.69) is 0 Å². The number of carboxylic acids is 4. The SMILES string of the molecule is O=C(O)CN1CCCN(CC(=O)O)C2CCCCC2N(CC(=O)O)CCCN(CC(=O)O)C2CCCCC21. The highest BCUT2D eigenvalue weighted by Crippen LogP contribution is 2.30. The highest BCUT2D eigenvalue weighted by Gasteiger charge is 2.38. The largest absolute Gasteiger partial charge is 0.480 e. The van der Waals surface area contributed by atoms with Crippen molar-refractivity contribution in [2.75, 3.05) is 52.4 Å². The van der Waals surface area contributed by atoms with Gasteiger partial charge in [0.1, 0.15) is 0 Å². The van der Waals surface area contributed by atoms with E-state index in [0.717, 1.165) is 51.4 Å². The molecular weight excluding hydrogens is 496 g/mol. The average Bonchev–Trinajstić information content (AvgIpc) is 2.85. The van der Waals surface area contributed by atoms with Crippen molar-refractivity contribution >= 4 is 23.9 Å². The van der Waals surface area contributed by atoms with Crippen molar-refractivity contribution in [2.45, 2.75) is 88.4 Å². The van der Waals surface area contributed by atoms with Crippen LogP contribution in [-0.2, 0) is 19.2 Å². The van der Waals surface area contributed by atoms with Gasteiger partial charge in [0, 0.05) is 50.3 Å². The fraction of sp³-hybridized carbons (Fsp3) is 0.846. The third kappa shape index (κ3) is 8.89. The molecule has 0 amide bonds. The smallest absolute Gasteiger partial charge is 0.317 e. The number of hydrogen-bond acceptors (Lipinski definition) is 8. The van der Waals surface area contributed by atoms with Gasteiger partial charge >= 0.3 is 23.9 Å². The Hall–Kier alpha value is -2.28. The van der Waals surface area contributed by atoms with E-state index in [-0.39, 0.29) is 50.3 Å². The van der Waals surface area contributed by atoms with Gasteiger partial charge in [0.15, 0.2) is 0 Å².